The van der Waals surface area contributed by atoms with E-state index in [9.17, 15) is 0 Å². The van der Waals surface area contributed by atoms with Crippen LogP contribution in [0.15, 0.2) is 60.7 Å². The second-order valence-corrected chi connectivity index (χ2v) is 8.21. The Labute approximate surface area is 187 Å². The van der Waals surface area contributed by atoms with Gasteiger partial charge in [-0.3, -0.25) is 0 Å². The summed E-state index contributed by atoms with van der Waals surface area (Å²) in [5, 5.41) is 8.09. The van der Waals surface area contributed by atoms with Crippen LogP contribution in [-0.4, -0.2) is 53.4 Å². The second-order valence-electron chi connectivity index (χ2n) is 8.21. The first-order valence-electron chi connectivity index (χ1n) is 10.9. The maximum absolute atomic E-state index is 5.75. The van der Waals surface area contributed by atoms with Crippen molar-refractivity contribution in [1.82, 2.24) is 19.5 Å². The number of aromatic nitrogens is 3. The fourth-order valence-electron chi connectivity index (χ4n) is 3.91. The van der Waals surface area contributed by atoms with Crippen LogP contribution in [0.4, 0.5) is 11.6 Å². The summed E-state index contributed by atoms with van der Waals surface area (Å²) in [6.07, 6.45) is 2.17. The van der Waals surface area contributed by atoms with Crippen molar-refractivity contribution in [3.8, 4) is 22.8 Å². The molecule has 0 fully saturated rings. The van der Waals surface area contributed by atoms with Gasteiger partial charge in [0, 0.05) is 11.3 Å². The molecule has 2 aromatic heterocycles. The first kappa shape index (κ1) is 20.3. The van der Waals surface area contributed by atoms with Crippen molar-refractivity contribution >= 4 is 17.3 Å². The Hall–Kier alpha value is -3.58. The third-order valence-corrected chi connectivity index (χ3v) is 5.45. The number of benzene rings is 2. The Balaban J connectivity index is 1.39. The van der Waals surface area contributed by atoms with Gasteiger partial charge in [-0.1, -0.05) is 18.2 Å². The van der Waals surface area contributed by atoms with Gasteiger partial charge in [0.15, 0.2) is 17.1 Å². The molecule has 0 aliphatic carbocycles. The fraction of sp³-hybridized carbons (Fsp3) is 0.280. The van der Waals surface area contributed by atoms with Gasteiger partial charge in [-0.05, 0) is 81.5 Å². The van der Waals surface area contributed by atoms with Crippen molar-refractivity contribution in [2.45, 2.75) is 12.8 Å². The van der Waals surface area contributed by atoms with Gasteiger partial charge in [-0.2, -0.15) is 4.98 Å². The largest absolute Gasteiger partial charge is 0.486 e. The number of pyridine rings is 1. The highest BCUT2D eigenvalue weighted by Gasteiger charge is 2.15. The Kier molecular flexibility index (Phi) is 5.64. The Bertz CT molecular complexity index is 1230. The van der Waals surface area contributed by atoms with Gasteiger partial charge in [-0.25, -0.2) is 4.52 Å². The third-order valence-electron chi connectivity index (χ3n) is 5.45. The van der Waals surface area contributed by atoms with Crippen molar-refractivity contribution in [1.29, 1.82) is 0 Å². The number of anilines is 2. The summed E-state index contributed by atoms with van der Waals surface area (Å²) in [6.45, 7) is 2.22. The molecule has 1 aliphatic rings. The molecule has 5 rings (SSSR count). The van der Waals surface area contributed by atoms with Crippen molar-refractivity contribution in [3.05, 3.63) is 66.2 Å². The molecule has 0 atom stereocenters. The number of hydrogen-bond acceptors (Lipinski definition) is 6. The zero-order valence-electron chi connectivity index (χ0n) is 18.4. The van der Waals surface area contributed by atoms with Crippen LogP contribution in [0, 0.1) is 0 Å². The van der Waals surface area contributed by atoms with Crippen molar-refractivity contribution in [2.24, 2.45) is 0 Å². The molecule has 0 amide bonds. The van der Waals surface area contributed by atoms with E-state index in [4.69, 9.17) is 14.6 Å². The molecule has 4 aromatic rings. The molecule has 0 saturated carbocycles. The Morgan fingerprint density at radius 3 is 2.69 bits per heavy atom. The average molecular weight is 430 g/mol. The van der Waals surface area contributed by atoms with Crippen molar-refractivity contribution in [3.63, 3.8) is 0 Å². The van der Waals surface area contributed by atoms with E-state index < -0.39 is 0 Å². The van der Waals surface area contributed by atoms with Gasteiger partial charge >= 0.3 is 0 Å². The van der Waals surface area contributed by atoms with E-state index in [0.717, 1.165) is 53.5 Å². The summed E-state index contributed by atoms with van der Waals surface area (Å²) in [4.78, 5) is 6.89. The molecule has 32 heavy (non-hydrogen) atoms. The summed E-state index contributed by atoms with van der Waals surface area (Å²) in [5.74, 6) is 2.11. The van der Waals surface area contributed by atoms with Crippen molar-refractivity contribution < 1.29 is 9.47 Å². The number of nitrogens with one attached hydrogen (secondary N) is 1. The third kappa shape index (κ3) is 4.38. The number of hydrogen-bond donors (Lipinski definition) is 1. The molecule has 0 saturated heterocycles. The zero-order chi connectivity index (χ0) is 21.9. The van der Waals surface area contributed by atoms with Crippen LogP contribution < -0.4 is 14.8 Å². The van der Waals surface area contributed by atoms with E-state index in [-0.39, 0.29) is 0 Å². The smallest absolute Gasteiger partial charge is 0.247 e. The highest BCUT2D eigenvalue weighted by molar-refractivity contribution is 5.68. The van der Waals surface area contributed by atoms with E-state index in [1.54, 1.807) is 0 Å². The minimum atomic E-state index is 0.562. The lowest BCUT2D eigenvalue weighted by molar-refractivity contribution is 0.171. The van der Waals surface area contributed by atoms with Gasteiger partial charge in [0.1, 0.15) is 13.2 Å². The quantitative estimate of drug-likeness (QED) is 0.470. The van der Waals surface area contributed by atoms with Crippen LogP contribution >= 0.6 is 0 Å². The van der Waals surface area contributed by atoms with E-state index in [1.165, 1.54) is 5.56 Å². The molecule has 1 N–H and O–H groups in total. The molecule has 3 heterocycles. The van der Waals surface area contributed by atoms with Gasteiger partial charge in [0.2, 0.25) is 5.95 Å². The molecule has 7 nitrogen and oxygen atoms in total. The van der Waals surface area contributed by atoms with Gasteiger partial charge in [-0.15, -0.1) is 5.10 Å². The molecule has 2 aromatic carbocycles. The molecule has 0 radical (unpaired) electrons. The molecule has 164 valence electrons. The predicted molar refractivity (Wildman–Crippen MR) is 126 cm³/mol. The van der Waals surface area contributed by atoms with Crippen LogP contribution in [0.5, 0.6) is 11.5 Å². The summed E-state index contributed by atoms with van der Waals surface area (Å²) in [7, 11) is 4.21. The van der Waals surface area contributed by atoms with Crippen LogP contribution in [0.3, 0.4) is 0 Å². The lowest BCUT2D eigenvalue weighted by Gasteiger charge is -2.19. The first-order chi connectivity index (χ1) is 15.7. The number of fused-ring (bicyclic) bond motifs is 2. The molecule has 7 heteroatoms. The molecular formula is C25H27N5O2. The monoisotopic (exact) mass is 429 g/mol. The van der Waals surface area contributed by atoms with Crippen LogP contribution in [0.2, 0.25) is 0 Å². The number of nitrogens with zero attached hydrogens (tertiary/aromatic N) is 4. The van der Waals surface area contributed by atoms with Crippen molar-refractivity contribution in [2.75, 3.05) is 39.2 Å². The van der Waals surface area contributed by atoms with Gasteiger partial charge in [0.05, 0.1) is 5.69 Å². The summed E-state index contributed by atoms with van der Waals surface area (Å²) < 4.78 is 13.3. The van der Waals surface area contributed by atoms with E-state index >= 15 is 0 Å². The highest BCUT2D eigenvalue weighted by atomic mass is 16.6. The zero-order valence-corrected chi connectivity index (χ0v) is 18.4. The van der Waals surface area contributed by atoms with Crippen LogP contribution in [0.25, 0.3) is 16.9 Å². The summed E-state index contributed by atoms with van der Waals surface area (Å²) in [5.41, 5.74) is 5.01. The Morgan fingerprint density at radius 1 is 0.969 bits per heavy atom. The minimum absolute atomic E-state index is 0.562. The maximum Gasteiger partial charge on any atom is 0.247 e. The molecule has 0 spiro atoms. The SMILES string of the molecule is CN(C)CCCc1cccc(Nc2nc3cccc(-c4ccc5c(c4)OCCO5)n3n2)c1. The summed E-state index contributed by atoms with van der Waals surface area (Å²) in [6, 6.07) is 20.4. The number of ether oxygens (including phenoxy) is 2. The minimum Gasteiger partial charge on any atom is -0.486 e. The van der Waals surface area contributed by atoms with E-state index in [0.29, 0.717) is 19.2 Å². The van der Waals surface area contributed by atoms with E-state index in [1.807, 2.05) is 47.0 Å². The topological polar surface area (TPSA) is 63.9 Å². The lowest BCUT2D eigenvalue weighted by atomic mass is 10.1. The van der Waals surface area contributed by atoms with Gasteiger partial charge < -0.3 is 19.7 Å². The van der Waals surface area contributed by atoms with Crippen LogP contribution in [0.1, 0.15) is 12.0 Å². The van der Waals surface area contributed by atoms with Gasteiger partial charge in [0.25, 0.3) is 0 Å². The molecular weight excluding hydrogens is 402 g/mol. The fourth-order valence-corrected chi connectivity index (χ4v) is 3.91. The highest BCUT2D eigenvalue weighted by Crippen LogP contribution is 2.34. The predicted octanol–water partition coefficient (Wildman–Crippen LogP) is 4.41. The Morgan fingerprint density at radius 2 is 1.81 bits per heavy atom. The second kappa shape index (κ2) is 8.88. The molecule has 0 unspecified atom stereocenters. The maximum atomic E-state index is 5.75. The number of aryl methyl sites for hydroxylation is 1. The normalized spacial score (nSPS) is 13.0. The molecule has 1 aliphatic heterocycles. The standard InChI is InChI=1S/C25H27N5O2/c1-29(2)13-5-7-18-6-3-8-20(16-18)26-25-27-24-10-4-9-21(30(24)28-25)19-11-12-22-23(17-19)32-15-14-31-22/h3-4,6,8-12,16-17H,5,7,13-15H2,1-2H3,(H,26,28). The average Bonchev–Trinajstić information content (AvgIpc) is 3.21. The van der Waals surface area contributed by atoms with E-state index in [2.05, 4.69) is 47.5 Å². The number of rotatable bonds is 7. The first-order valence-corrected chi connectivity index (χ1v) is 10.9. The lowest BCUT2D eigenvalue weighted by Crippen LogP contribution is -2.15. The molecule has 0 bridgehead atoms. The summed E-state index contributed by atoms with van der Waals surface area (Å²) >= 11 is 0. The van der Waals surface area contributed by atoms with Crippen LogP contribution in [-0.2, 0) is 6.42 Å².